The number of methoxy groups -OCH3 is 4. The summed E-state index contributed by atoms with van der Waals surface area (Å²) < 4.78 is 34.5. The molecule has 0 saturated heterocycles. The van der Waals surface area contributed by atoms with Gasteiger partial charge >= 0.3 is 5.97 Å². The fourth-order valence-electron chi connectivity index (χ4n) is 3.83. The fourth-order valence-corrected chi connectivity index (χ4v) is 3.83. The molecule has 0 unspecified atom stereocenters. The summed E-state index contributed by atoms with van der Waals surface area (Å²) in [5, 5.41) is 0. The number of benzene rings is 2. The first-order chi connectivity index (χ1) is 16.6. The maximum absolute atomic E-state index is 12.1. The van der Waals surface area contributed by atoms with Crippen molar-refractivity contribution in [2.45, 2.75) is 13.5 Å². The highest BCUT2D eigenvalue weighted by molar-refractivity contribution is 5.98. The largest absolute Gasteiger partial charge is 0.494 e. The van der Waals surface area contributed by atoms with Crippen LogP contribution in [-0.4, -0.2) is 55.6 Å². The van der Waals surface area contributed by atoms with E-state index in [0.717, 1.165) is 0 Å². The van der Waals surface area contributed by atoms with E-state index in [1.54, 1.807) is 64.5 Å². The summed E-state index contributed by atoms with van der Waals surface area (Å²) >= 11 is 0. The molecular formula is C24H25N3O7. The highest BCUT2D eigenvalue weighted by atomic mass is 16.5. The average molecular weight is 467 g/mol. The number of fused-ring (bicyclic) bond motifs is 1. The SMILES string of the molecule is CCOC(=O)Cn1cnc2c(-c3ocnc3-c3cc(OC)c(OC)c(OC)c3)ccc(OC)c21. The number of imidazole rings is 1. The summed E-state index contributed by atoms with van der Waals surface area (Å²) in [6.45, 7) is 2.06. The summed E-state index contributed by atoms with van der Waals surface area (Å²) in [4.78, 5) is 21.1. The first kappa shape index (κ1) is 23.0. The van der Waals surface area contributed by atoms with Gasteiger partial charge < -0.3 is 32.7 Å². The normalized spacial score (nSPS) is 10.9. The third-order valence-corrected chi connectivity index (χ3v) is 5.30. The second-order valence-electron chi connectivity index (χ2n) is 7.13. The van der Waals surface area contributed by atoms with E-state index >= 15 is 0 Å². The Bertz CT molecular complexity index is 1300. The molecule has 0 bridgehead atoms. The van der Waals surface area contributed by atoms with Crippen molar-refractivity contribution in [1.29, 1.82) is 0 Å². The van der Waals surface area contributed by atoms with E-state index < -0.39 is 0 Å². The van der Waals surface area contributed by atoms with Crippen LogP contribution in [0.2, 0.25) is 0 Å². The van der Waals surface area contributed by atoms with Gasteiger partial charge in [-0.3, -0.25) is 4.79 Å². The van der Waals surface area contributed by atoms with E-state index in [-0.39, 0.29) is 12.5 Å². The number of carbonyl (C=O) groups is 1. The predicted molar refractivity (Wildman–Crippen MR) is 124 cm³/mol. The first-order valence-corrected chi connectivity index (χ1v) is 10.5. The highest BCUT2D eigenvalue weighted by Crippen LogP contribution is 2.44. The molecule has 0 aliphatic heterocycles. The molecule has 2 aromatic heterocycles. The van der Waals surface area contributed by atoms with Crippen LogP contribution >= 0.6 is 0 Å². The van der Waals surface area contributed by atoms with Gasteiger partial charge in [0.1, 0.15) is 29.0 Å². The topological polar surface area (TPSA) is 107 Å². The molecule has 0 spiro atoms. The molecule has 0 fully saturated rings. The van der Waals surface area contributed by atoms with Crippen LogP contribution in [-0.2, 0) is 16.1 Å². The van der Waals surface area contributed by atoms with Gasteiger partial charge in [0, 0.05) is 11.1 Å². The molecule has 0 radical (unpaired) electrons. The predicted octanol–water partition coefficient (Wildman–Crippen LogP) is 3.96. The Morgan fingerprint density at radius 1 is 0.971 bits per heavy atom. The number of rotatable bonds is 9. The monoisotopic (exact) mass is 467 g/mol. The number of hydrogen-bond donors (Lipinski definition) is 0. The molecule has 2 heterocycles. The van der Waals surface area contributed by atoms with Gasteiger partial charge in [0.2, 0.25) is 5.75 Å². The Balaban J connectivity index is 1.87. The van der Waals surface area contributed by atoms with Crippen LogP contribution in [0.25, 0.3) is 33.6 Å². The lowest BCUT2D eigenvalue weighted by atomic mass is 10.0. The molecule has 10 nitrogen and oxygen atoms in total. The molecule has 0 aliphatic carbocycles. The van der Waals surface area contributed by atoms with Crippen molar-refractivity contribution in [3.63, 3.8) is 0 Å². The van der Waals surface area contributed by atoms with Crippen molar-refractivity contribution < 1.29 is 32.9 Å². The number of ether oxygens (including phenoxy) is 5. The zero-order valence-corrected chi connectivity index (χ0v) is 19.6. The van der Waals surface area contributed by atoms with Crippen molar-refractivity contribution in [2.75, 3.05) is 35.0 Å². The van der Waals surface area contributed by atoms with Gasteiger partial charge in [-0.15, -0.1) is 0 Å². The summed E-state index contributed by atoms with van der Waals surface area (Å²) in [7, 11) is 6.20. The van der Waals surface area contributed by atoms with Crippen LogP contribution < -0.4 is 18.9 Å². The third kappa shape index (κ3) is 3.98. The highest BCUT2D eigenvalue weighted by Gasteiger charge is 2.23. The maximum atomic E-state index is 12.1. The zero-order chi connectivity index (χ0) is 24.2. The smallest absolute Gasteiger partial charge is 0.326 e. The number of hydrogen-bond acceptors (Lipinski definition) is 9. The molecule has 0 atom stereocenters. The molecule has 4 aromatic rings. The van der Waals surface area contributed by atoms with Crippen LogP contribution in [0, 0.1) is 0 Å². The lowest BCUT2D eigenvalue weighted by Crippen LogP contribution is -2.12. The first-order valence-electron chi connectivity index (χ1n) is 10.5. The Hall–Kier alpha value is -4.21. The molecule has 0 aliphatic rings. The van der Waals surface area contributed by atoms with Crippen molar-refractivity contribution in [3.8, 4) is 45.6 Å². The third-order valence-electron chi connectivity index (χ3n) is 5.30. The van der Waals surface area contributed by atoms with Crippen LogP contribution in [0.15, 0.2) is 41.4 Å². The number of oxazole rings is 1. The molecule has 0 amide bonds. The van der Waals surface area contributed by atoms with Crippen LogP contribution in [0.1, 0.15) is 6.92 Å². The van der Waals surface area contributed by atoms with Crippen molar-refractivity contribution in [2.24, 2.45) is 0 Å². The number of nitrogens with zero attached hydrogens (tertiary/aromatic N) is 3. The Morgan fingerprint density at radius 2 is 1.68 bits per heavy atom. The number of carbonyl (C=O) groups excluding carboxylic acids is 1. The average Bonchev–Trinajstić information content (AvgIpc) is 3.50. The van der Waals surface area contributed by atoms with Crippen molar-refractivity contribution >= 4 is 17.0 Å². The Morgan fingerprint density at radius 3 is 2.29 bits per heavy atom. The standard InChI is InChI=1S/C24H25N3O7/c1-6-33-19(28)11-27-12-25-21-15(7-8-16(29-2)22(21)27)23-20(26-13-34-23)14-9-17(30-3)24(32-5)18(10-14)31-4/h7-10,12-13H,6,11H2,1-5H3. The molecule has 0 saturated carbocycles. The van der Waals surface area contributed by atoms with Crippen LogP contribution in [0.3, 0.4) is 0 Å². The molecule has 0 N–H and O–H groups in total. The van der Waals surface area contributed by atoms with E-state index in [9.17, 15) is 4.79 Å². The number of aromatic nitrogens is 3. The number of esters is 1. The van der Waals surface area contributed by atoms with Gasteiger partial charge in [-0.1, -0.05) is 0 Å². The van der Waals surface area contributed by atoms with E-state index in [4.69, 9.17) is 28.1 Å². The van der Waals surface area contributed by atoms with E-state index in [2.05, 4.69) is 9.97 Å². The lowest BCUT2D eigenvalue weighted by molar-refractivity contribution is -0.143. The van der Waals surface area contributed by atoms with Crippen molar-refractivity contribution in [1.82, 2.24) is 14.5 Å². The van der Waals surface area contributed by atoms with Gasteiger partial charge in [0.25, 0.3) is 0 Å². The minimum atomic E-state index is -0.368. The van der Waals surface area contributed by atoms with Gasteiger partial charge in [0.05, 0.1) is 41.4 Å². The lowest BCUT2D eigenvalue weighted by Gasteiger charge is -2.14. The van der Waals surface area contributed by atoms with Crippen LogP contribution in [0.5, 0.6) is 23.0 Å². The Kier molecular flexibility index (Phi) is 6.58. The van der Waals surface area contributed by atoms with E-state index in [1.165, 1.54) is 6.39 Å². The Labute approximate surface area is 196 Å². The molecular weight excluding hydrogens is 442 g/mol. The van der Waals surface area contributed by atoms with Gasteiger partial charge in [-0.25, -0.2) is 9.97 Å². The van der Waals surface area contributed by atoms with Crippen LogP contribution in [0.4, 0.5) is 0 Å². The summed E-state index contributed by atoms with van der Waals surface area (Å²) in [5.41, 5.74) is 3.17. The molecule has 10 heteroatoms. The second-order valence-corrected chi connectivity index (χ2v) is 7.13. The summed E-state index contributed by atoms with van der Waals surface area (Å²) in [6, 6.07) is 7.22. The van der Waals surface area contributed by atoms with E-state index in [0.29, 0.717) is 63.2 Å². The van der Waals surface area contributed by atoms with Gasteiger partial charge in [-0.2, -0.15) is 0 Å². The summed E-state index contributed by atoms with van der Waals surface area (Å²) in [5.74, 6) is 2.14. The maximum Gasteiger partial charge on any atom is 0.326 e. The second kappa shape index (κ2) is 9.74. The van der Waals surface area contributed by atoms with Gasteiger partial charge in [0.15, 0.2) is 23.7 Å². The molecule has 2 aromatic carbocycles. The minimum absolute atomic E-state index is 0.000290. The van der Waals surface area contributed by atoms with Gasteiger partial charge in [-0.05, 0) is 31.2 Å². The zero-order valence-electron chi connectivity index (χ0n) is 19.6. The minimum Gasteiger partial charge on any atom is -0.494 e. The molecule has 4 rings (SSSR count). The van der Waals surface area contributed by atoms with E-state index in [1.807, 2.05) is 6.07 Å². The molecule has 34 heavy (non-hydrogen) atoms. The fraction of sp³-hybridized carbons (Fsp3) is 0.292. The summed E-state index contributed by atoms with van der Waals surface area (Å²) in [6.07, 6.45) is 2.93. The molecule has 178 valence electrons. The quantitative estimate of drug-likeness (QED) is 0.338. The van der Waals surface area contributed by atoms with Crippen molar-refractivity contribution in [3.05, 3.63) is 37.0 Å².